The van der Waals surface area contributed by atoms with E-state index in [0.29, 0.717) is 6.29 Å². The molecule has 0 atom stereocenters. The Morgan fingerprint density at radius 1 is 1.40 bits per heavy atom. The number of nitrogens with zero attached hydrogens (tertiary/aromatic N) is 1. The quantitative estimate of drug-likeness (QED) is 0.751. The van der Waals surface area contributed by atoms with E-state index < -0.39 is 10.0 Å². The van der Waals surface area contributed by atoms with Crippen LogP contribution in [0.25, 0.3) is 0 Å². The molecule has 1 aromatic rings. The van der Waals surface area contributed by atoms with Crippen LogP contribution in [0.4, 0.5) is 0 Å². The second kappa shape index (κ2) is 3.71. The zero-order valence-corrected chi connectivity index (χ0v) is 8.70. The van der Waals surface area contributed by atoms with Crippen LogP contribution in [-0.4, -0.2) is 25.7 Å². The molecule has 1 N–H and O–H groups in total. The fourth-order valence-corrected chi connectivity index (χ4v) is 2.41. The zero-order chi connectivity index (χ0) is 10.9. The molecule has 1 heterocycles. The maximum Gasteiger partial charge on any atom is 0.258 e. The van der Waals surface area contributed by atoms with Crippen LogP contribution in [0.1, 0.15) is 23.3 Å². The summed E-state index contributed by atoms with van der Waals surface area (Å²) in [5.74, 6) is 0. The van der Waals surface area contributed by atoms with Crippen LogP contribution in [0.15, 0.2) is 23.2 Å². The number of carbonyl (C=O) groups excluding carboxylic acids is 1. The van der Waals surface area contributed by atoms with Crippen molar-refractivity contribution in [2.75, 3.05) is 0 Å². The highest BCUT2D eigenvalue weighted by molar-refractivity contribution is 7.89. The fourth-order valence-electron chi connectivity index (χ4n) is 1.13. The van der Waals surface area contributed by atoms with Gasteiger partial charge in [-0.15, -0.1) is 0 Å². The molecule has 0 saturated heterocycles. The van der Waals surface area contributed by atoms with Gasteiger partial charge in [-0.1, -0.05) is 6.07 Å². The second-order valence-corrected chi connectivity index (χ2v) is 5.07. The first kappa shape index (κ1) is 10.3. The lowest BCUT2D eigenvalue weighted by atomic mass is 10.4. The van der Waals surface area contributed by atoms with Crippen molar-refractivity contribution in [2.24, 2.45) is 0 Å². The monoisotopic (exact) mass is 226 g/mol. The van der Waals surface area contributed by atoms with Gasteiger partial charge in [-0.05, 0) is 25.0 Å². The van der Waals surface area contributed by atoms with Crippen molar-refractivity contribution in [1.82, 2.24) is 9.71 Å². The molecule has 1 aliphatic rings. The average Bonchev–Trinajstić information content (AvgIpc) is 3.01. The highest BCUT2D eigenvalue weighted by Gasteiger charge is 2.28. The van der Waals surface area contributed by atoms with E-state index >= 15 is 0 Å². The fraction of sp³-hybridized carbons (Fsp3) is 0.333. The lowest BCUT2D eigenvalue weighted by Crippen LogP contribution is -2.26. The molecule has 5 nitrogen and oxygen atoms in total. The molecule has 0 aliphatic heterocycles. The molecule has 0 unspecified atom stereocenters. The highest BCUT2D eigenvalue weighted by atomic mass is 32.2. The molecule has 0 radical (unpaired) electrons. The zero-order valence-electron chi connectivity index (χ0n) is 7.88. The number of nitrogens with one attached hydrogen (secondary N) is 1. The minimum Gasteiger partial charge on any atom is -0.296 e. The van der Waals surface area contributed by atoms with Crippen LogP contribution in [-0.2, 0) is 10.0 Å². The Bertz CT molecular complexity index is 480. The van der Waals surface area contributed by atoms with E-state index in [1.807, 2.05) is 0 Å². The van der Waals surface area contributed by atoms with Gasteiger partial charge < -0.3 is 0 Å². The number of pyridine rings is 1. The van der Waals surface area contributed by atoms with E-state index in [-0.39, 0.29) is 16.8 Å². The Morgan fingerprint density at radius 3 is 2.73 bits per heavy atom. The first-order chi connectivity index (χ1) is 7.12. The van der Waals surface area contributed by atoms with Crippen molar-refractivity contribution in [3.8, 4) is 0 Å². The van der Waals surface area contributed by atoms with Crippen molar-refractivity contribution < 1.29 is 13.2 Å². The third-order valence-electron chi connectivity index (χ3n) is 2.04. The van der Waals surface area contributed by atoms with Gasteiger partial charge in [0.15, 0.2) is 11.3 Å². The van der Waals surface area contributed by atoms with E-state index in [2.05, 4.69) is 9.71 Å². The summed E-state index contributed by atoms with van der Waals surface area (Å²) in [4.78, 5) is 14.2. The van der Waals surface area contributed by atoms with Crippen LogP contribution >= 0.6 is 0 Å². The van der Waals surface area contributed by atoms with Gasteiger partial charge in [0.2, 0.25) is 0 Å². The van der Waals surface area contributed by atoms with Crippen LogP contribution in [0, 0.1) is 0 Å². The molecule has 0 bridgehead atoms. The Morgan fingerprint density at radius 2 is 2.13 bits per heavy atom. The predicted molar refractivity (Wildman–Crippen MR) is 53.0 cm³/mol. The van der Waals surface area contributed by atoms with Gasteiger partial charge >= 0.3 is 0 Å². The molecule has 1 aromatic heterocycles. The Hall–Kier alpha value is -1.27. The lowest BCUT2D eigenvalue weighted by molar-refractivity contribution is 0.111. The smallest absolute Gasteiger partial charge is 0.258 e. The molecule has 0 aromatic carbocycles. The topological polar surface area (TPSA) is 76.1 Å². The van der Waals surface area contributed by atoms with E-state index in [0.717, 1.165) is 12.8 Å². The minimum absolute atomic E-state index is 0.0386. The van der Waals surface area contributed by atoms with Gasteiger partial charge in [-0.3, -0.25) is 4.79 Å². The van der Waals surface area contributed by atoms with E-state index in [1.54, 1.807) is 0 Å². The first-order valence-corrected chi connectivity index (χ1v) is 6.05. The van der Waals surface area contributed by atoms with Crippen molar-refractivity contribution >= 4 is 16.3 Å². The molecule has 6 heteroatoms. The van der Waals surface area contributed by atoms with Gasteiger partial charge in [0, 0.05) is 6.04 Å². The van der Waals surface area contributed by atoms with Gasteiger partial charge in [0.25, 0.3) is 10.0 Å². The first-order valence-electron chi connectivity index (χ1n) is 4.56. The third kappa shape index (κ3) is 2.40. The molecule has 15 heavy (non-hydrogen) atoms. The molecule has 80 valence electrons. The van der Waals surface area contributed by atoms with Crippen LogP contribution < -0.4 is 4.72 Å². The third-order valence-corrected chi connectivity index (χ3v) is 3.46. The summed E-state index contributed by atoms with van der Waals surface area (Å²) in [5.41, 5.74) is 0.119. The highest BCUT2D eigenvalue weighted by Crippen LogP contribution is 2.21. The Balaban J connectivity index is 2.30. The van der Waals surface area contributed by atoms with Crippen molar-refractivity contribution in [2.45, 2.75) is 23.9 Å². The number of carbonyl (C=O) groups is 1. The summed E-state index contributed by atoms with van der Waals surface area (Å²) in [6.45, 7) is 0. The van der Waals surface area contributed by atoms with E-state index in [9.17, 15) is 13.2 Å². The molecule has 0 amide bonds. The van der Waals surface area contributed by atoms with Gasteiger partial charge in [0.1, 0.15) is 5.69 Å². The molecule has 1 fully saturated rings. The number of aromatic nitrogens is 1. The van der Waals surface area contributed by atoms with Crippen LogP contribution in [0.5, 0.6) is 0 Å². The molecule has 0 spiro atoms. The molecule has 1 saturated carbocycles. The second-order valence-electron chi connectivity index (χ2n) is 3.41. The maximum atomic E-state index is 11.7. The number of sulfonamides is 1. The predicted octanol–water partition coefficient (Wildman–Crippen LogP) is 0.335. The standard InChI is InChI=1S/C9H10N2O3S/c12-6-8-2-1-3-9(10-8)15(13,14)11-7-4-5-7/h1-3,6-7,11H,4-5H2. The average molecular weight is 226 g/mol. The molecular weight excluding hydrogens is 216 g/mol. The minimum atomic E-state index is -3.55. The number of hydrogen-bond acceptors (Lipinski definition) is 4. The van der Waals surface area contributed by atoms with Gasteiger partial charge in [-0.2, -0.15) is 0 Å². The summed E-state index contributed by atoms with van der Waals surface area (Å²) in [7, 11) is -3.55. The Kier molecular flexibility index (Phi) is 2.54. The molecule has 1 aliphatic carbocycles. The number of hydrogen-bond donors (Lipinski definition) is 1. The number of aldehydes is 1. The normalized spacial score (nSPS) is 16.3. The van der Waals surface area contributed by atoms with Gasteiger partial charge in [-0.25, -0.2) is 18.1 Å². The van der Waals surface area contributed by atoms with E-state index in [4.69, 9.17) is 0 Å². The SMILES string of the molecule is O=Cc1cccc(S(=O)(=O)NC2CC2)n1. The summed E-state index contributed by atoms with van der Waals surface area (Å²) in [5, 5.41) is -0.0981. The summed E-state index contributed by atoms with van der Waals surface area (Å²) in [6.07, 6.45) is 2.26. The van der Waals surface area contributed by atoms with Gasteiger partial charge in [0.05, 0.1) is 0 Å². The van der Waals surface area contributed by atoms with Crippen molar-refractivity contribution in [3.63, 3.8) is 0 Å². The molecular formula is C9H10N2O3S. The summed E-state index contributed by atoms with van der Waals surface area (Å²) >= 11 is 0. The largest absolute Gasteiger partial charge is 0.296 e. The molecule has 2 rings (SSSR count). The lowest BCUT2D eigenvalue weighted by Gasteiger charge is -2.04. The van der Waals surface area contributed by atoms with Crippen LogP contribution in [0.2, 0.25) is 0 Å². The van der Waals surface area contributed by atoms with Crippen molar-refractivity contribution in [1.29, 1.82) is 0 Å². The Labute approximate surface area is 87.6 Å². The summed E-state index contributed by atoms with van der Waals surface area (Å²) in [6, 6.07) is 4.37. The maximum absolute atomic E-state index is 11.7. The number of rotatable bonds is 4. The van der Waals surface area contributed by atoms with E-state index in [1.165, 1.54) is 18.2 Å². The van der Waals surface area contributed by atoms with Crippen LogP contribution in [0.3, 0.4) is 0 Å². The summed E-state index contributed by atoms with van der Waals surface area (Å²) < 4.78 is 25.8. The van der Waals surface area contributed by atoms with Crippen molar-refractivity contribution in [3.05, 3.63) is 23.9 Å².